The number of sulfone groups is 1. The van der Waals surface area contributed by atoms with E-state index in [9.17, 15) is 18.0 Å². The number of nitrogens with one attached hydrogen (secondary N) is 2. The van der Waals surface area contributed by atoms with Crippen LogP contribution in [0.15, 0.2) is 36.4 Å². The van der Waals surface area contributed by atoms with Crippen LogP contribution in [0.3, 0.4) is 0 Å². The second-order valence-electron chi connectivity index (χ2n) is 5.25. The Morgan fingerprint density at radius 3 is 2.55 bits per heavy atom. The van der Waals surface area contributed by atoms with Gasteiger partial charge in [-0.1, -0.05) is 30.3 Å². The first-order chi connectivity index (χ1) is 10.4. The molecule has 1 fully saturated rings. The van der Waals surface area contributed by atoms with Crippen LogP contribution in [0.5, 0.6) is 0 Å². The van der Waals surface area contributed by atoms with Gasteiger partial charge in [0.2, 0.25) is 5.91 Å². The van der Waals surface area contributed by atoms with Gasteiger partial charge in [-0.25, -0.2) is 8.42 Å². The van der Waals surface area contributed by atoms with Gasteiger partial charge < -0.3 is 0 Å². The van der Waals surface area contributed by atoms with Crippen LogP contribution in [0.1, 0.15) is 18.4 Å². The zero-order valence-corrected chi connectivity index (χ0v) is 12.8. The monoisotopic (exact) mass is 322 g/mol. The molecule has 2 rings (SSSR count). The Morgan fingerprint density at radius 2 is 1.91 bits per heavy atom. The molecule has 1 aliphatic rings. The van der Waals surface area contributed by atoms with Gasteiger partial charge in [0.25, 0.3) is 5.91 Å². The summed E-state index contributed by atoms with van der Waals surface area (Å²) in [5, 5.41) is 0. The minimum Gasteiger partial charge on any atom is -0.273 e. The highest BCUT2D eigenvalue weighted by Crippen LogP contribution is 2.21. The van der Waals surface area contributed by atoms with Crippen molar-refractivity contribution in [2.24, 2.45) is 5.92 Å². The molecule has 0 aliphatic carbocycles. The number of hydrogen-bond donors (Lipinski definition) is 2. The summed E-state index contributed by atoms with van der Waals surface area (Å²) in [6, 6.07) is 9.29. The van der Waals surface area contributed by atoms with Gasteiger partial charge in [0.1, 0.15) is 0 Å². The molecule has 1 saturated heterocycles. The summed E-state index contributed by atoms with van der Waals surface area (Å²) in [5.41, 5.74) is 5.44. The second-order valence-corrected chi connectivity index (χ2v) is 7.48. The maximum absolute atomic E-state index is 11.6. The molecule has 0 radical (unpaired) electrons. The summed E-state index contributed by atoms with van der Waals surface area (Å²) in [6.45, 7) is 0. The van der Waals surface area contributed by atoms with Crippen LogP contribution in [-0.2, 0) is 19.4 Å². The van der Waals surface area contributed by atoms with Crippen LogP contribution in [0.4, 0.5) is 0 Å². The Bertz CT molecular complexity index is 668. The molecule has 7 heteroatoms. The molecule has 0 bridgehead atoms. The summed E-state index contributed by atoms with van der Waals surface area (Å²) in [7, 11) is -2.99. The number of amides is 2. The molecule has 0 saturated carbocycles. The SMILES string of the molecule is O=C(/C=C/c1ccccc1)NNC(=O)C[C@@H]1CCS(=O)(=O)C1. The Labute approximate surface area is 129 Å². The van der Waals surface area contributed by atoms with Crippen molar-refractivity contribution in [2.75, 3.05) is 11.5 Å². The van der Waals surface area contributed by atoms with Crippen molar-refractivity contribution in [3.8, 4) is 0 Å². The molecule has 0 unspecified atom stereocenters. The lowest BCUT2D eigenvalue weighted by Crippen LogP contribution is -2.41. The standard InChI is InChI=1S/C15H18N2O4S/c18-14(7-6-12-4-2-1-3-5-12)16-17-15(19)10-13-8-9-22(20,21)11-13/h1-7,13H,8-11H2,(H,16,18)(H,17,19)/b7-6+/t13-/m0/s1. The van der Waals surface area contributed by atoms with E-state index in [1.54, 1.807) is 6.08 Å². The quantitative estimate of drug-likeness (QED) is 0.629. The molecule has 0 spiro atoms. The molecule has 2 N–H and O–H groups in total. The van der Waals surface area contributed by atoms with E-state index >= 15 is 0 Å². The largest absolute Gasteiger partial charge is 0.273 e. The summed E-state index contributed by atoms with van der Waals surface area (Å²) >= 11 is 0. The van der Waals surface area contributed by atoms with Crippen molar-refractivity contribution in [2.45, 2.75) is 12.8 Å². The Balaban J connectivity index is 1.72. The number of rotatable bonds is 4. The van der Waals surface area contributed by atoms with Gasteiger partial charge in [0, 0.05) is 12.5 Å². The first kappa shape index (κ1) is 16.2. The van der Waals surface area contributed by atoms with Gasteiger partial charge in [0.15, 0.2) is 9.84 Å². The highest BCUT2D eigenvalue weighted by atomic mass is 32.2. The highest BCUT2D eigenvalue weighted by molar-refractivity contribution is 7.91. The molecule has 1 aromatic rings. The van der Waals surface area contributed by atoms with E-state index < -0.39 is 15.7 Å². The normalized spacial score (nSPS) is 19.9. The zero-order valence-electron chi connectivity index (χ0n) is 12.0. The summed E-state index contributed by atoms with van der Waals surface area (Å²) < 4.78 is 22.6. The average molecular weight is 322 g/mol. The fraction of sp³-hybridized carbons (Fsp3) is 0.333. The van der Waals surface area contributed by atoms with Gasteiger partial charge in [0.05, 0.1) is 11.5 Å². The fourth-order valence-electron chi connectivity index (χ4n) is 2.26. The van der Waals surface area contributed by atoms with E-state index in [0.717, 1.165) is 5.56 Å². The molecular formula is C15H18N2O4S. The zero-order chi connectivity index (χ0) is 16.0. The minimum absolute atomic E-state index is 0.0439. The molecule has 6 nitrogen and oxygen atoms in total. The number of hydrazine groups is 1. The average Bonchev–Trinajstić information content (AvgIpc) is 2.83. The predicted octanol–water partition coefficient (Wildman–Crippen LogP) is 0.672. The maximum Gasteiger partial charge on any atom is 0.262 e. The Hall–Kier alpha value is -2.15. The Kier molecular flexibility index (Phi) is 5.32. The van der Waals surface area contributed by atoms with Crippen LogP contribution in [0.2, 0.25) is 0 Å². The molecule has 0 aromatic heterocycles. The van der Waals surface area contributed by atoms with Gasteiger partial charge in [-0.2, -0.15) is 0 Å². The van der Waals surface area contributed by atoms with E-state index in [2.05, 4.69) is 10.9 Å². The fourth-order valence-corrected chi connectivity index (χ4v) is 4.12. The Morgan fingerprint density at radius 1 is 1.18 bits per heavy atom. The van der Waals surface area contributed by atoms with E-state index in [1.165, 1.54) is 6.08 Å². The molecule has 1 heterocycles. The van der Waals surface area contributed by atoms with Crippen LogP contribution in [-0.4, -0.2) is 31.7 Å². The van der Waals surface area contributed by atoms with Gasteiger partial charge in [-0.3, -0.25) is 20.4 Å². The van der Waals surface area contributed by atoms with Crippen LogP contribution in [0, 0.1) is 5.92 Å². The number of carbonyl (C=O) groups excluding carboxylic acids is 2. The molecule has 1 aliphatic heterocycles. The molecule has 1 atom stereocenters. The molecular weight excluding hydrogens is 304 g/mol. The molecule has 1 aromatic carbocycles. The predicted molar refractivity (Wildman–Crippen MR) is 83.1 cm³/mol. The second kappa shape index (κ2) is 7.22. The highest BCUT2D eigenvalue weighted by Gasteiger charge is 2.29. The number of benzene rings is 1. The van der Waals surface area contributed by atoms with Crippen LogP contribution in [0.25, 0.3) is 6.08 Å². The summed E-state index contributed by atoms with van der Waals surface area (Å²) in [6.07, 6.45) is 3.54. The van der Waals surface area contributed by atoms with Gasteiger partial charge >= 0.3 is 0 Å². The van der Waals surface area contributed by atoms with Crippen LogP contribution < -0.4 is 10.9 Å². The summed E-state index contributed by atoms with van der Waals surface area (Å²) in [5.74, 6) is -0.819. The number of hydrogen-bond acceptors (Lipinski definition) is 4. The number of carbonyl (C=O) groups is 2. The minimum atomic E-state index is -2.99. The lowest BCUT2D eigenvalue weighted by atomic mass is 10.1. The third-order valence-electron chi connectivity index (χ3n) is 3.35. The first-order valence-electron chi connectivity index (χ1n) is 6.97. The maximum atomic E-state index is 11.6. The summed E-state index contributed by atoms with van der Waals surface area (Å²) in [4.78, 5) is 23.2. The van der Waals surface area contributed by atoms with Crippen molar-refractivity contribution in [3.63, 3.8) is 0 Å². The topological polar surface area (TPSA) is 92.3 Å². The van der Waals surface area contributed by atoms with Gasteiger partial charge in [-0.15, -0.1) is 0 Å². The van der Waals surface area contributed by atoms with Crippen molar-refractivity contribution in [3.05, 3.63) is 42.0 Å². The molecule has 2 amide bonds. The van der Waals surface area contributed by atoms with E-state index in [0.29, 0.717) is 6.42 Å². The lowest BCUT2D eigenvalue weighted by Gasteiger charge is -2.08. The first-order valence-corrected chi connectivity index (χ1v) is 8.79. The van der Waals surface area contributed by atoms with Crippen molar-refractivity contribution in [1.82, 2.24) is 10.9 Å². The van der Waals surface area contributed by atoms with E-state index in [-0.39, 0.29) is 29.8 Å². The van der Waals surface area contributed by atoms with Crippen molar-refractivity contribution < 1.29 is 18.0 Å². The van der Waals surface area contributed by atoms with E-state index in [1.807, 2.05) is 30.3 Å². The van der Waals surface area contributed by atoms with E-state index in [4.69, 9.17) is 0 Å². The van der Waals surface area contributed by atoms with Gasteiger partial charge in [-0.05, 0) is 24.0 Å². The smallest absolute Gasteiger partial charge is 0.262 e. The van der Waals surface area contributed by atoms with Crippen molar-refractivity contribution >= 4 is 27.7 Å². The molecule has 22 heavy (non-hydrogen) atoms. The lowest BCUT2D eigenvalue weighted by molar-refractivity contribution is -0.127. The third kappa shape index (κ3) is 5.33. The van der Waals surface area contributed by atoms with Crippen molar-refractivity contribution in [1.29, 1.82) is 0 Å². The molecule has 118 valence electrons. The van der Waals surface area contributed by atoms with Crippen LogP contribution >= 0.6 is 0 Å². The third-order valence-corrected chi connectivity index (χ3v) is 5.19.